The third-order valence-electron chi connectivity index (χ3n) is 5.96. The van der Waals surface area contributed by atoms with Crippen molar-refractivity contribution >= 4 is 23.0 Å². The molecule has 29 heavy (non-hydrogen) atoms. The second kappa shape index (κ2) is 8.66. The molecule has 2 atom stereocenters. The third-order valence-corrected chi connectivity index (χ3v) is 8.11. The summed E-state index contributed by atoms with van der Waals surface area (Å²) >= 11 is 0. The molecule has 0 amide bonds. The van der Waals surface area contributed by atoms with Gasteiger partial charge in [-0.3, -0.25) is 0 Å². The monoisotopic (exact) mass is 418 g/mol. The quantitative estimate of drug-likeness (QED) is 0.540. The molecule has 0 aliphatic carbocycles. The number of rotatable bonds is 6. The standard InChI is InChI=1S/C22H31BO5S/c1-5-6-17(11-18-9-14(2)22(24)15(3)10-18)7-8-19-21-16(4)13-29(26,27)20(21)12-23(25)28-19/h9-11,19-20,24-25H,5-8,12-13H2,1-4H3/b17-11+/t19-,20+/m1/s1. The molecule has 3 rings (SSSR count). The number of aromatic hydroxyl groups is 1. The number of hydrogen-bond donors (Lipinski definition) is 2. The van der Waals surface area contributed by atoms with Gasteiger partial charge in [-0.05, 0) is 74.4 Å². The van der Waals surface area contributed by atoms with E-state index in [4.69, 9.17) is 4.65 Å². The molecule has 1 fully saturated rings. The molecule has 0 radical (unpaired) electrons. The van der Waals surface area contributed by atoms with E-state index in [1.807, 2.05) is 32.9 Å². The lowest BCUT2D eigenvalue weighted by Crippen LogP contribution is -2.41. The molecular formula is C22H31BO5S. The molecule has 1 aromatic carbocycles. The average Bonchev–Trinajstić information content (AvgIpc) is 2.86. The Morgan fingerprint density at radius 2 is 1.90 bits per heavy atom. The van der Waals surface area contributed by atoms with Gasteiger partial charge in [0.05, 0.1) is 17.1 Å². The van der Waals surface area contributed by atoms with Crippen molar-refractivity contribution in [2.75, 3.05) is 5.75 Å². The lowest BCUT2D eigenvalue weighted by atomic mass is 9.74. The molecule has 7 heteroatoms. The fraction of sp³-hybridized carbons (Fsp3) is 0.545. The van der Waals surface area contributed by atoms with Gasteiger partial charge in [0, 0.05) is 6.32 Å². The Morgan fingerprint density at radius 3 is 2.52 bits per heavy atom. The number of phenolic OH excluding ortho intramolecular Hbond substituents is 1. The molecule has 0 unspecified atom stereocenters. The van der Waals surface area contributed by atoms with E-state index in [-0.39, 0.29) is 18.2 Å². The van der Waals surface area contributed by atoms with Crippen molar-refractivity contribution < 1.29 is 23.2 Å². The highest BCUT2D eigenvalue weighted by Gasteiger charge is 2.47. The Labute approximate surface area is 174 Å². The molecule has 5 nitrogen and oxygen atoms in total. The highest BCUT2D eigenvalue weighted by atomic mass is 32.2. The molecule has 0 spiro atoms. The Bertz CT molecular complexity index is 925. The highest BCUT2D eigenvalue weighted by molar-refractivity contribution is 7.92. The molecule has 158 valence electrons. The summed E-state index contributed by atoms with van der Waals surface area (Å²) in [5.74, 6) is 0.406. The third kappa shape index (κ3) is 4.78. The van der Waals surface area contributed by atoms with Gasteiger partial charge in [-0.1, -0.05) is 30.6 Å². The van der Waals surface area contributed by atoms with E-state index in [0.29, 0.717) is 12.2 Å². The molecular weight excluding hydrogens is 387 g/mol. The smallest absolute Gasteiger partial charge is 0.456 e. The first-order chi connectivity index (χ1) is 13.6. The maximum absolute atomic E-state index is 12.4. The maximum atomic E-state index is 12.4. The van der Waals surface area contributed by atoms with E-state index < -0.39 is 22.2 Å². The molecule has 0 aromatic heterocycles. The minimum Gasteiger partial charge on any atom is -0.507 e. The number of sulfone groups is 1. The minimum atomic E-state index is -3.23. The zero-order valence-electron chi connectivity index (χ0n) is 17.7. The largest absolute Gasteiger partial charge is 0.507 e. The minimum absolute atomic E-state index is 0.0727. The zero-order valence-corrected chi connectivity index (χ0v) is 18.6. The van der Waals surface area contributed by atoms with Crippen LogP contribution in [0, 0.1) is 13.8 Å². The van der Waals surface area contributed by atoms with Crippen LogP contribution in [0.1, 0.15) is 56.2 Å². The molecule has 2 heterocycles. The first kappa shape index (κ1) is 22.1. The van der Waals surface area contributed by atoms with Gasteiger partial charge in [0.15, 0.2) is 9.84 Å². The molecule has 2 aliphatic rings. The van der Waals surface area contributed by atoms with E-state index in [9.17, 15) is 18.5 Å². The van der Waals surface area contributed by atoms with Crippen molar-refractivity contribution in [3.63, 3.8) is 0 Å². The molecule has 2 aliphatic heterocycles. The van der Waals surface area contributed by atoms with Gasteiger partial charge in [0.1, 0.15) is 5.75 Å². The number of hydrogen-bond acceptors (Lipinski definition) is 5. The summed E-state index contributed by atoms with van der Waals surface area (Å²) in [5, 5.41) is 19.5. The van der Waals surface area contributed by atoms with Crippen LogP contribution in [-0.2, 0) is 14.5 Å². The van der Waals surface area contributed by atoms with Gasteiger partial charge in [-0.15, -0.1) is 0 Å². The normalized spacial score (nSPS) is 24.2. The van der Waals surface area contributed by atoms with Crippen molar-refractivity contribution in [3.05, 3.63) is 45.5 Å². The van der Waals surface area contributed by atoms with E-state index in [1.165, 1.54) is 5.57 Å². The van der Waals surface area contributed by atoms with E-state index in [2.05, 4.69) is 13.0 Å². The Kier molecular flexibility index (Phi) is 6.61. The number of aryl methyl sites for hydroxylation is 2. The number of benzene rings is 1. The SMILES string of the molecule is CCC/C(=C\c1cc(C)c(O)c(C)c1)CC[C@H]1OB(O)C[C@H]2C1=C(C)CS2(=O)=O. The number of phenols is 1. The lowest BCUT2D eigenvalue weighted by Gasteiger charge is -2.32. The summed E-state index contributed by atoms with van der Waals surface area (Å²) in [4.78, 5) is 0. The van der Waals surface area contributed by atoms with Gasteiger partial charge >= 0.3 is 7.12 Å². The average molecular weight is 418 g/mol. The van der Waals surface area contributed by atoms with Gasteiger partial charge < -0.3 is 14.8 Å². The fourth-order valence-corrected chi connectivity index (χ4v) is 6.82. The van der Waals surface area contributed by atoms with Crippen LogP contribution in [-0.4, -0.2) is 42.8 Å². The second-order valence-corrected chi connectivity index (χ2v) is 10.6. The van der Waals surface area contributed by atoms with Crippen molar-refractivity contribution in [3.8, 4) is 5.75 Å². The maximum Gasteiger partial charge on any atom is 0.456 e. The summed E-state index contributed by atoms with van der Waals surface area (Å²) in [7, 11) is -4.26. The zero-order chi connectivity index (χ0) is 21.3. The van der Waals surface area contributed by atoms with E-state index in [0.717, 1.165) is 47.1 Å². The first-order valence-electron chi connectivity index (χ1n) is 10.4. The van der Waals surface area contributed by atoms with Gasteiger partial charge in [0.25, 0.3) is 0 Å². The summed E-state index contributed by atoms with van der Waals surface area (Å²) in [6, 6.07) is 3.95. The first-order valence-corrected chi connectivity index (χ1v) is 12.1. The Morgan fingerprint density at radius 1 is 1.24 bits per heavy atom. The molecule has 0 saturated carbocycles. The summed E-state index contributed by atoms with van der Waals surface area (Å²) < 4.78 is 30.6. The van der Waals surface area contributed by atoms with Gasteiger partial charge in [-0.25, -0.2) is 8.42 Å². The van der Waals surface area contributed by atoms with Crippen molar-refractivity contribution in [2.45, 2.75) is 71.1 Å². The summed E-state index contributed by atoms with van der Waals surface area (Å²) in [5.41, 5.74) is 5.76. The van der Waals surface area contributed by atoms with Crippen molar-refractivity contribution in [2.24, 2.45) is 0 Å². The second-order valence-electron chi connectivity index (χ2n) is 8.44. The Balaban J connectivity index is 1.81. The van der Waals surface area contributed by atoms with Crippen molar-refractivity contribution in [1.29, 1.82) is 0 Å². The van der Waals surface area contributed by atoms with Crippen molar-refractivity contribution in [1.82, 2.24) is 0 Å². The lowest BCUT2D eigenvalue weighted by molar-refractivity contribution is 0.169. The number of allylic oxidation sites excluding steroid dienone is 1. The van der Waals surface area contributed by atoms with E-state index >= 15 is 0 Å². The molecule has 2 N–H and O–H groups in total. The van der Waals surface area contributed by atoms with Gasteiger partial charge in [-0.2, -0.15) is 0 Å². The van der Waals surface area contributed by atoms with Gasteiger partial charge in [0.2, 0.25) is 0 Å². The highest BCUT2D eigenvalue weighted by Crippen LogP contribution is 2.39. The van der Waals surface area contributed by atoms with Crippen LogP contribution in [0.25, 0.3) is 6.08 Å². The Hall–Kier alpha value is -1.57. The van der Waals surface area contributed by atoms with Crippen LogP contribution in [0.4, 0.5) is 0 Å². The van der Waals surface area contributed by atoms with Crippen LogP contribution in [0.3, 0.4) is 0 Å². The molecule has 1 aromatic rings. The summed E-state index contributed by atoms with van der Waals surface area (Å²) in [6.07, 6.45) is 5.31. The van der Waals surface area contributed by atoms with Crippen LogP contribution < -0.4 is 0 Å². The van der Waals surface area contributed by atoms with Crippen LogP contribution in [0.15, 0.2) is 28.9 Å². The van der Waals surface area contributed by atoms with E-state index in [1.54, 1.807) is 0 Å². The summed E-state index contributed by atoms with van der Waals surface area (Å²) in [6.45, 7) is 7.79. The van der Waals surface area contributed by atoms with Crippen LogP contribution in [0.2, 0.25) is 6.32 Å². The number of fused-ring (bicyclic) bond motifs is 1. The van der Waals surface area contributed by atoms with Crippen LogP contribution >= 0.6 is 0 Å². The molecule has 0 bridgehead atoms. The topological polar surface area (TPSA) is 83.8 Å². The fourth-order valence-electron chi connectivity index (χ4n) is 4.65. The predicted octanol–water partition coefficient (Wildman–Crippen LogP) is 3.97. The van der Waals surface area contributed by atoms with Crippen LogP contribution in [0.5, 0.6) is 5.75 Å². The predicted molar refractivity (Wildman–Crippen MR) is 118 cm³/mol. The molecule has 1 saturated heterocycles.